The molecule has 0 saturated carbocycles. The Labute approximate surface area is 78.0 Å². The summed E-state index contributed by atoms with van der Waals surface area (Å²) in [5.41, 5.74) is -0.0315. The summed E-state index contributed by atoms with van der Waals surface area (Å²) in [5, 5.41) is 2.46. The zero-order valence-corrected chi connectivity index (χ0v) is 8.22. The van der Waals surface area contributed by atoms with Gasteiger partial charge in [0.1, 0.15) is 0 Å². The number of nitrogens with one attached hydrogen (secondary N) is 1. The molecular weight excluding hydrogens is 170 g/mol. The van der Waals surface area contributed by atoms with Gasteiger partial charge in [0.05, 0.1) is 0 Å². The molecule has 4 heteroatoms. The molecule has 13 heavy (non-hydrogen) atoms. The molecule has 0 radical (unpaired) electrons. The maximum atomic E-state index is 10.9. The van der Waals surface area contributed by atoms with E-state index in [0.29, 0.717) is 6.54 Å². The lowest BCUT2D eigenvalue weighted by atomic mass is 9.97. The van der Waals surface area contributed by atoms with Gasteiger partial charge in [0.15, 0.2) is 0 Å². The number of amides is 1. The molecule has 0 saturated heterocycles. The van der Waals surface area contributed by atoms with E-state index < -0.39 is 12.1 Å². The van der Waals surface area contributed by atoms with Crippen molar-refractivity contribution in [1.29, 1.82) is 0 Å². The third-order valence-corrected chi connectivity index (χ3v) is 1.12. The number of hydrogen-bond donors (Lipinski definition) is 1. The Morgan fingerprint density at radius 1 is 1.46 bits per heavy atom. The molecular formula is C9H15NO3. The van der Waals surface area contributed by atoms with Gasteiger partial charge in [0.2, 0.25) is 0 Å². The summed E-state index contributed by atoms with van der Waals surface area (Å²) in [6, 6.07) is 0. The first-order valence-electron chi connectivity index (χ1n) is 3.97. The molecule has 0 aliphatic heterocycles. The molecule has 0 fully saturated rings. The van der Waals surface area contributed by atoms with Crippen LogP contribution in [0.2, 0.25) is 0 Å². The van der Waals surface area contributed by atoms with Crippen LogP contribution < -0.4 is 5.32 Å². The summed E-state index contributed by atoms with van der Waals surface area (Å²) in [4.78, 5) is 21.4. The molecule has 0 aliphatic carbocycles. The zero-order valence-electron chi connectivity index (χ0n) is 8.22. The van der Waals surface area contributed by atoms with Gasteiger partial charge in [0, 0.05) is 12.6 Å². The highest BCUT2D eigenvalue weighted by atomic mass is 16.6. The second kappa shape index (κ2) is 4.64. The van der Waals surface area contributed by atoms with Gasteiger partial charge in [0.25, 0.3) is 0 Å². The van der Waals surface area contributed by atoms with Gasteiger partial charge in [-0.05, 0) is 5.41 Å². The van der Waals surface area contributed by atoms with Crippen LogP contribution in [0.5, 0.6) is 0 Å². The second-order valence-corrected chi connectivity index (χ2v) is 3.83. The minimum atomic E-state index is -0.744. The van der Waals surface area contributed by atoms with Crippen LogP contribution in [0.25, 0.3) is 0 Å². The number of esters is 1. The van der Waals surface area contributed by atoms with Crippen LogP contribution in [-0.4, -0.2) is 18.6 Å². The first kappa shape index (κ1) is 11.7. The van der Waals surface area contributed by atoms with Crippen molar-refractivity contribution in [2.24, 2.45) is 5.41 Å². The topological polar surface area (TPSA) is 55.4 Å². The van der Waals surface area contributed by atoms with Crippen LogP contribution in [-0.2, 0) is 9.53 Å². The Morgan fingerprint density at radius 2 is 2.00 bits per heavy atom. The van der Waals surface area contributed by atoms with Gasteiger partial charge in [-0.1, -0.05) is 27.4 Å². The fourth-order valence-corrected chi connectivity index (χ4v) is 0.506. The van der Waals surface area contributed by atoms with Crippen molar-refractivity contribution in [3.05, 3.63) is 12.7 Å². The molecule has 0 aromatic rings. The molecule has 0 atom stereocenters. The monoisotopic (exact) mass is 185 g/mol. The number of ether oxygens (including phenoxy) is 1. The molecule has 1 N–H and O–H groups in total. The molecule has 0 aromatic heterocycles. The zero-order chi connectivity index (χ0) is 10.5. The van der Waals surface area contributed by atoms with Crippen molar-refractivity contribution in [1.82, 2.24) is 5.32 Å². The summed E-state index contributed by atoms with van der Waals surface area (Å²) < 4.78 is 4.29. The van der Waals surface area contributed by atoms with E-state index >= 15 is 0 Å². The first-order valence-corrected chi connectivity index (χ1v) is 3.97. The fraction of sp³-hybridized carbons (Fsp3) is 0.556. The van der Waals surface area contributed by atoms with Crippen molar-refractivity contribution in [3.8, 4) is 0 Å². The summed E-state index contributed by atoms with van der Waals surface area (Å²) in [6.07, 6.45) is 0.205. The second-order valence-electron chi connectivity index (χ2n) is 3.83. The molecule has 0 unspecified atom stereocenters. The Balaban J connectivity index is 3.77. The van der Waals surface area contributed by atoms with Crippen LogP contribution in [0.4, 0.5) is 4.79 Å². The van der Waals surface area contributed by atoms with Crippen molar-refractivity contribution in [3.63, 3.8) is 0 Å². The largest absolute Gasteiger partial charge is 0.415 e. The van der Waals surface area contributed by atoms with E-state index in [4.69, 9.17) is 0 Å². The minimum absolute atomic E-state index is 0.0315. The predicted octanol–water partition coefficient (Wildman–Crippen LogP) is 1.47. The van der Waals surface area contributed by atoms with E-state index in [0.717, 1.165) is 6.08 Å². The third-order valence-electron chi connectivity index (χ3n) is 1.12. The van der Waals surface area contributed by atoms with Gasteiger partial charge in [-0.2, -0.15) is 0 Å². The Hall–Kier alpha value is -1.32. The van der Waals surface area contributed by atoms with Gasteiger partial charge >= 0.3 is 12.1 Å². The number of carbonyl (C=O) groups is 2. The van der Waals surface area contributed by atoms with Crippen LogP contribution in [0.1, 0.15) is 20.8 Å². The maximum absolute atomic E-state index is 10.9. The molecule has 0 heterocycles. The summed E-state index contributed by atoms with van der Waals surface area (Å²) >= 11 is 0. The van der Waals surface area contributed by atoms with Crippen LogP contribution in [0.15, 0.2) is 12.7 Å². The smallest absolute Gasteiger partial charge is 0.373 e. The summed E-state index contributed by atoms with van der Waals surface area (Å²) in [5.74, 6) is -0.744. The average Bonchev–Trinajstić information content (AvgIpc) is 1.99. The number of carbonyl (C=O) groups excluding carboxylic acids is 2. The molecule has 0 spiro atoms. The number of hydrogen-bond acceptors (Lipinski definition) is 3. The van der Waals surface area contributed by atoms with Crippen LogP contribution in [0, 0.1) is 5.41 Å². The number of rotatable bonds is 2. The Kier molecular flexibility index (Phi) is 4.17. The van der Waals surface area contributed by atoms with E-state index in [-0.39, 0.29) is 5.41 Å². The molecule has 1 amide bonds. The van der Waals surface area contributed by atoms with Gasteiger partial charge in [-0.15, -0.1) is 0 Å². The van der Waals surface area contributed by atoms with E-state index in [9.17, 15) is 9.59 Å². The lowest BCUT2D eigenvalue weighted by molar-refractivity contribution is -0.131. The fourth-order valence-electron chi connectivity index (χ4n) is 0.506. The normalized spacial score (nSPS) is 10.4. The molecule has 74 valence electrons. The number of alkyl carbamates (subject to hydrolysis) is 1. The van der Waals surface area contributed by atoms with Crippen molar-refractivity contribution < 1.29 is 14.3 Å². The maximum Gasteiger partial charge on any atom is 0.415 e. The Bertz CT molecular complexity index is 215. The first-order chi connectivity index (χ1) is 5.85. The van der Waals surface area contributed by atoms with E-state index in [2.05, 4.69) is 16.6 Å². The summed E-state index contributed by atoms with van der Waals surface area (Å²) in [6.45, 7) is 9.51. The highest BCUT2D eigenvalue weighted by Crippen LogP contribution is 2.10. The lowest BCUT2D eigenvalue weighted by Crippen LogP contribution is -2.33. The van der Waals surface area contributed by atoms with Gasteiger partial charge in [-0.3, -0.25) is 0 Å². The van der Waals surface area contributed by atoms with Crippen molar-refractivity contribution in [2.45, 2.75) is 20.8 Å². The van der Waals surface area contributed by atoms with Crippen LogP contribution >= 0.6 is 0 Å². The standard InChI is InChI=1S/C9H15NO3/c1-5-7(11)13-8(12)10-6-9(2,3)4/h5H,1,6H2,2-4H3,(H,10,12). The summed E-state index contributed by atoms with van der Waals surface area (Å²) in [7, 11) is 0. The van der Waals surface area contributed by atoms with Crippen molar-refractivity contribution in [2.75, 3.05) is 6.54 Å². The van der Waals surface area contributed by atoms with E-state index in [1.165, 1.54) is 0 Å². The molecule has 0 aromatic carbocycles. The van der Waals surface area contributed by atoms with Crippen LogP contribution in [0.3, 0.4) is 0 Å². The highest BCUT2D eigenvalue weighted by Gasteiger charge is 2.13. The average molecular weight is 185 g/mol. The SMILES string of the molecule is C=CC(=O)OC(=O)NCC(C)(C)C. The molecule has 0 rings (SSSR count). The molecule has 0 aliphatic rings. The Morgan fingerprint density at radius 3 is 2.38 bits per heavy atom. The van der Waals surface area contributed by atoms with Crippen molar-refractivity contribution >= 4 is 12.1 Å². The molecule has 4 nitrogen and oxygen atoms in total. The van der Waals surface area contributed by atoms with E-state index in [1.807, 2.05) is 20.8 Å². The molecule has 0 bridgehead atoms. The predicted molar refractivity (Wildman–Crippen MR) is 49.1 cm³/mol. The van der Waals surface area contributed by atoms with Gasteiger partial charge in [-0.25, -0.2) is 9.59 Å². The quantitative estimate of drug-likeness (QED) is 0.402. The van der Waals surface area contributed by atoms with Gasteiger partial charge < -0.3 is 10.1 Å². The van der Waals surface area contributed by atoms with E-state index in [1.54, 1.807) is 0 Å². The minimum Gasteiger partial charge on any atom is -0.373 e. The highest BCUT2D eigenvalue weighted by molar-refractivity contribution is 5.90. The lowest BCUT2D eigenvalue weighted by Gasteiger charge is -2.17. The third kappa shape index (κ3) is 7.05.